The van der Waals surface area contributed by atoms with Crippen molar-refractivity contribution in [3.8, 4) is 0 Å². The number of amides is 1. The molecule has 0 radical (unpaired) electrons. The third-order valence-electron chi connectivity index (χ3n) is 1.97. The predicted molar refractivity (Wildman–Crippen MR) is 54.0 cm³/mol. The number of ether oxygens (including phenoxy) is 2. The van der Waals surface area contributed by atoms with Gasteiger partial charge in [0.05, 0.1) is 6.04 Å². The van der Waals surface area contributed by atoms with E-state index in [1.54, 1.807) is 21.3 Å². The van der Waals surface area contributed by atoms with Crippen LogP contribution in [0.4, 0.5) is 0 Å². The molecule has 0 rings (SSSR count). The summed E-state index contributed by atoms with van der Waals surface area (Å²) in [4.78, 5) is 10.9. The molecule has 5 heteroatoms. The third-order valence-corrected chi connectivity index (χ3v) is 1.97. The molecule has 1 atom stereocenters. The molecular formula is C9H20N2O3. The molecule has 0 aromatic rings. The predicted octanol–water partition coefficient (Wildman–Crippen LogP) is -0.280. The Morgan fingerprint density at radius 3 is 2.36 bits per heavy atom. The highest BCUT2D eigenvalue weighted by Gasteiger charge is 2.14. The molecule has 1 amide bonds. The van der Waals surface area contributed by atoms with Gasteiger partial charge in [-0.3, -0.25) is 4.79 Å². The maximum absolute atomic E-state index is 10.9. The van der Waals surface area contributed by atoms with E-state index in [2.05, 4.69) is 10.6 Å². The van der Waals surface area contributed by atoms with Crippen LogP contribution in [0.1, 0.15) is 13.3 Å². The van der Waals surface area contributed by atoms with E-state index in [1.165, 1.54) is 0 Å². The highest BCUT2D eigenvalue weighted by Crippen LogP contribution is 1.97. The second kappa shape index (κ2) is 7.73. The quantitative estimate of drug-likeness (QED) is 0.560. The zero-order valence-corrected chi connectivity index (χ0v) is 9.29. The van der Waals surface area contributed by atoms with Gasteiger partial charge < -0.3 is 20.1 Å². The van der Waals surface area contributed by atoms with Gasteiger partial charge in [0.2, 0.25) is 5.91 Å². The van der Waals surface area contributed by atoms with Gasteiger partial charge >= 0.3 is 0 Å². The standard InChI is InChI=1S/C9H20N2O3/c1-7(9(13-3)14-4)11-6-5-8(12)10-2/h7,9,11H,5-6H2,1-4H3,(H,10,12). The van der Waals surface area contributed by atoms with Crippen molar-refractivity contribution in [2.24, 2.45) is 0 Å². The summed E-state index contributed by atoms with van der Waals surface area (Å²) < 4.78 is 10.1. The highest BCUT2D eigenvalue weighted by atomic mass is 16.7. The van der Waals surface area contributed by atoms with Crippen LogP contribution in [0.25, 0.3) is 0 Å². The summed E-state index contributed by atoms with van der Waals surface area (Å²) in [5.74, 6) is 0.0242. The minimum Gasteiger partial charge on any atom is -0.359 e. The van der Waals surface area contributed by atoms with E-state index in [9.17, 15) is 4.79 Å². The first kappa shape index (κ1) is 13.4. The zero-order valence-electron chi connectivity index (χ0n) is 9.29. The smallest absolute Gasteiger partial charge is 0.221 e. The van der Waals surface area contributed by atoms with Crippen molar-refractivity contribution >= 4 is 5.91 Å². The molecule has 0 aromatic carbocycles. The molecule has 2 N–H and O–H groups in total. The molecule has 0 heterocycles. The first-order valence-corrected chi connectivity index (χ1v) is 4.65. The maximum atomic E-state index is 10.9. The number of carbonyl (C=O) groups excluding carboxylic acids is 1. The van der Waals surface area contributed by atoms with E-state index in [-0.39, 0.29) is 18.2 Å². The molecule has 0 bridgehead atoms. The average molecular weight is 204 g/mol. The number of carbonyl (C=O) groups is 1. The fourth-order valence-electron chi connectivity index (χ4n) is 1.14. The fourth-order valence-corrected chi connectivity index (χ4v) is 1.14. The first-order chi connectivity index (χ1) is 6.65. The van der Waals surface area contributed by atoms with Crippen LogP contribution in [-0.4, -0.2) is 46.1 Å². The van der Waals surface area contributed by atoms with Gasteiger partial charge in [0.25, 0.3) is 0 Å². The third kappa shape index (κ3) is 5.16. The summed E-state index contributed by atoms with van der Waals surface area (Å²) in [6, 6.07) is 0.0645. The molecule has 0 aliphatic rings. The molecule has 0 aliphatic carbocycles. The average Bonchev–Trinajstić information content (AvgIpc) is 2.19. The van der Waals surface area contributed by atoms with Gasteiger partial charge in [0.1, 0.15) is 0 Å². The van der Waals surface area contributed by atoms with Gasteiger partial charge in [-0.1, -0.05) is 0 Å². The van der Waals surface area contributed by atoms with Crippen LogP contribution in [0.15, 0.2) is 0 Å². The zero-order chi connectivity index (χ0) is 11.0. The number of nitrogens with one attached hydrogen (secondary N) is 2. The molecule has 0 spiro atoms. The van der Waals surface area contributed by atoms with Crippen molar-refractivity contribution in [2.45, 2.75) is 25.7 Å². The van der Waals surface area contributed by atoms with Crippen LogP contribution in [0.3, 0.4) is 0 Å². The first-order valence-electron chi connectivity index (χ1n) is 4.65. The SMILES string of the molecule is CNC(=O)CCNC(C)C(OC)OC. The largest absolute Gasteiger partial charge is 0.359 e. The van der Waals surface area contributed by atoms with Crippen LogP contribution in [0, 0.1) is 0 Å². The van der Waals surface area contributed by atoms with Gasteiger partial charge in [-0.05, 0) is 6.92 Å². The Bertz CT molecular complexity index is 160. The number of hydrogen-bond acceptors (Lipinski definition) is 4. The molecule has 0 aliphatic heterocycles. The Hall–Kier alpha value is -0.650. The Kier molecular flexibility index (Phi) is 7.37. The van der Waals surface area contributed by atoms with Gasteiger partial charge in [0.15, 0.2) is 6.29 Å². The number of hydrogen-bond donors (Lipinski definition) is 2. The maximum Gasteiger partial charge on any atom is 0.221 e. The van der Waals surface area contributed by atoms with Crippen LogP contribution < -0.4 is 10.6 Å². The fraction of sp³-hybridized carbons (Fsp3) is 0.889. The number of methoxy groups -OCH3 is 2. The van der Waals surface area contributed by atoms with Crippen LogP contribution in [0.5, 0.6) is 0 Å². The van der Waals surface area contributed by atoms with Gasteiger partial charge in [-0.2, -0.15) is 0 Å². The van der Waals surface area contributed by atoms with Crippen molar-refractivity contribution in [1.82, 2.24) is 10.6 Å². The van der Waals surface area contributed by atoms with Crippen LogP contribution in [-0.2, 0) is 14.3 Å². The summed E-state index contributed by atoms with van der Waals surface area (Å²) in [5, 5.41) is 5.69. The molecule has 5 nitrogen and oxygen atoms in total. The number of rotatable bonds is 7. The second-order valence-corrected chi connectivity index (χ2v) is 3.01. The summed E-state index contributed by atoms with van der Waals surface area (Å²) in [7, 11) is 4.80. The van der Waals surface area contributed by atoms with Crippen molar-refractivity contribution in [3.05, 3.63) is 0 Å². The molecule has 14 heavy (non-hydrogen) atoms. The Morgan fingerprint density at radius 1 is 1.36 bits per heavy atom. The second-order valence-electron chi connectivity index (χ2n) is 3.01. The summed E-state index contributed by atoms with van der Waals surface area (Å²) >= 11 is 0. The minimum absolute atomic E-state index is 0.0242. The molecule has 0 fully saturated rings. The lowest BCUT2D eigenvalue weighted by molar-refractivity contribution is -0.123. The molecular weight excluding hydrogens is 184 g/mol. The van der Waals surface area contributed by atoms with Gasteiger partial charge in [-0.25, -0.2) is 0 Å². The van der Waals surface area contributed by atoms with E-state index in [1.807, 2.05) is 6.92 Å². The van der Waals surface area contributed by atoms with Crippen molar-refractivity contribution in [3.63, 3.8) is 0 Å². The molecule has 0 saturated carbocycles. The molecule has 1 unspecified atom stereocenters. The lowest BCUT2D eigenvalue weighted by Crippen LogP contribution is -2.41. The van der Waals surface area contributed by atoms with Gasteiger partial charge in [0, 0.05) is 34.2 Å². The molecule has 84 valence electrons. The van der Waals surface area contributed by atoms with Crippen LogP contribution in [0.2, 0.25) is 0 Å². The van der Waals surface area contributed by atoms with Gasteiger partial charge in [-0.15, -0.1) is 0 Å². The lowest BCUT2D eigenvalue weighted by atomic mass is 10.3. The van der Waals surface area contributed by atoms with Crippen molar-refractivity contribution < 1.29 is 14.3 Å². The van der Waals surface area contributed by atoms with E-state index in [0.29, 0.717) is 13.0 Å². The monoisotopic (exact) mass is 204 g/mol. The highest BCUT2D eigenvalue weighted by molar-refractivity contribution is 5.75. The van der Waals surface area contributed by atoms with E-state index in [0.717, 1.165) is 0 Å². The van der Waals surface area contributed by atoms with E-state index >= 15 is 0 Å². The van der Waals surface area contributed by atoms with Crippen molar-refractivity contribution in [2.75, 3.05) is 27.8 Å². The summed E-state index contributed by atoms with van der Waals surface area (Å²) in [6.45, 7) is 2.56. The topological polar surface area (TPSA) is 59.6 Å². The Labute approximate surface area is 85.1 Å². The Balaban J connectivity index is 3.61. The molecule has 0 aromatic heterocycles. The summed E-state index contributed by atoms with van der Waals surface area (Å²) in [6.07, 6.45) is 0.181. The van der Waals surface area contributed by atoms with E-state index < -0.39 is 0 Å². The summed E-state index contributed by atoms with van der Waals surface area (Å²) in [5.41, 5.74) is 0. The lowest BCUT2D eigenvalue weighted by Gasteiger charge is -2.21. The van der Waals surface area contributed by atoms with E-state index in [4.69, 9.17) is 9.47 Å². The van der Waals surface area contributed by atoms with Crippen LogP contribution >= 0.6 is 0 Å². The Morgan fingerprint density at radius 2 is 1.93 bits per heavy atom. The molecule has 0 saturated heterocycles. The van der Waals surface area contributed by atoms with Crippen molar-refractivity contribution in [1.29, 1.82) is 0 Å². The normalized spacial score (nSPS) is 12.9. The minimum atomic E-state index is -0.278.